The summed E-state index contributed by atoms with van der Waals surface area (Å²) in [7, 11) is 0. The maximum absolute atomic E-state index is 12.5. The minimum atomic E-state index is -0.532. The van der Waals surface area contributed by atoms with E-state index in [9.17, 15) is 9.59 Å². The summed E-state index contributed by atoms with van der Waals surface area (Å²) in [6, 6.07) is 12.0. The lowest BCUT2D eigenvalue weighted by Crippen LogP contribution is -2.50. The molecule has 1 aromatic carbocycles. The molecular weight excluding hydrogens is 556 g/mol. The zero-order valence-electron chi connectivity index (χ0n) is 25.3. The third kappa shape index (κ3) is 8.61. The van der Waals surface area contributed by atoms with Gasteiger partial charge in [-0.2, -0.15) is 0 Å². The molecule has 1 fully saturated rings. The summed E-state index contributed by atoms with van der Waals surface area (Å²) in [6.07, 6.45) is 1.78. The summed E-state index contributed by atoms with van der Waals surface area (Å²) in [5, 5.41) is 8.44. The first-order valence-electron chi connectivity index (χ1n) is 14.3. The van der Waals surface area contributed by atoms with Crippen molar-refractivity contribution in [3.8, 4) is 11.1 Å². The van der Waals surface area contributed by atoms with E-state index in [1.807, 2.05) is 72.0 Å². The van der Waals surface area contributed by atoms with Crippen LogP contribution in [0.25, 0.3) is 21.9 Å². The second-order valence-electron chi connectivity index (χ2n) is 12.3. The molecule has 0 atom stereocenters. The lowest BCUT2D eigenvalue weighted by Gasteiger charge is -2.36. The summed E-state index contributed by atoms with van der Waals surface area (Å²) in [5.74, 6) is 1.54. The number of hydrogen-bond donors (Lipinski definition) is 2. The molecule has 0 saturated carbocycles. The Kier molecular flexibility index (Phi) is 9.66. The second-order valence-corrected chi connectivity index (χ2v) is 12.6. The Hall–Kier alpha value is -3.79. The number of pyridine rings is 2. The Morgan fingerprint density at radius 1 is 0.929 bits per heavy atom. The fourth-order valence-corrected chi connectivity index (χ4v) is 4.83. The van der Waals surface area contributed by atoms with E-state index < -0.39 is 17.3 Å². The van der Waals surface area contributed by atoms with Crippen LogP contribution in [0, 0.1) is 0 Å². The first-order chi connectivity index (χ1) is 19.8. The number of nitrogens with zero attached hydrogens (tertiary/aromatic N) is 4. The highest BCUT2D eigenvalue weighted by Gasteiger charge is 2.26. The van der Waals surface area contributed by atoms with Crippen LogP contribution in [0.1, 0.15) is 48.0 Å². The highest BCUT2D eigenvalue weighted by molar-refractivity contribution is 6.30. The summed E-state index contributed by atoms with van der Waals surface area (Å²) in [6.45, 7) is 14.7. The van der Waals surface area contributed by atoms with Crippen molar-refractivity contribution in [1.29, 1.82) is 0 Å². The van der Waals surface area contributed by atoms with Gasteiger partial charge >= 0.3 is 12.2 Å². The van der Waals surface area contributed by atoms with Gasteiger partial charge in [-0.1, -0.05) is 29.8 Å². The van der Waals surface area contributed by atoms with Crippen LogP contribution in [-0.2, 0) is 9.47 Å². The van der Waals surface area contributed by atoms with Gasteiger partial charge in [-0.15, -0.1) is 0 Å². The summed E-state index contributed by atoms with van der Waals surface area (Å²) >= 11 is 6.47. The Morgan fingerprint density at radius 2 is 1.64 bits per heavy atom. The molecule has 1 saturated heterocycles. The molecule has 0 unspecified atom stereocenters. The lowest BCUT2D eigenvalue weighted by atomic mass is 9.99. The van der Waals surface area contributed by atoms with Crippen molar-refractivity contribution < 1.29 is 19.1 Å². The molecule has 10 nitrogen and oxygen atoms in total. The monoisotopic (exact) mass is 596 g/mol. The molecule has 226 valence electrons. The van der Waals surface area contributed by atoms with Crippen LogP contribution >= 0.6 is 11.6 Å². The van der Waals surface area contributed by atoms with Crippen LogP contribution in [0.3, 0.4) is 0 Å². The third-order valence-corrected chi connectivity index (χ3v) is 6.66. The SMILES string of the molecule is CC(C)(C)OC(=O)NCCCNc1nc(Cl)cc2c(-c3ccnc(N4CCN(C(=O)OC(C)(C)C)CC4)c3)cccc12. The number of piperazine rings is 1. The van der Waals surface area contributed by atoms with Crippen LogP contribution in [0.15, 0.2) is 42.6 Å². The number of fused-ring (bicyclic) bond motifs is 1. The lowest BCUT2D eigenvalue weighted by molar-refractivity contribution is 0.0240. The van der Waals surface area contributed by atoms with Gasteiger partial charge in [0.15, 0.2) is 0 Å². The summed E-state index contributed by atoms with van der Waals surface area (Å²) < 4.78 is 10.8. The zero-order valence-corrected chi connectivity index (χ0v) is 26.0. The smallest absolute Gasteiger partial charge is 0.410 e. The molecule has 0 aliphatic carbocycles. The van der Waals surface area contributed by atoms with Gasteiger partial charge in [-0.25, -0.2) is 19.6 Å². The van der Waals surface area contributed by atoms with Crippen molar-refractivity contribution in [1.82, 2.24) is 20.2 Å². The van der Waals surface area contributed by atoms with E-state index in [1.165, 1.54) is 0 Å². The van der Waals surface area contributed by atoms with Crippen molar-refractivity contribution in [2.24, 2.45) is 0 Å². The van der Waals surface area contributed by atoms with Crippen LogP contribution in [0.4, 0.5) is 21.2 Å². The number of aromatic nitrogens is 2. The van der Waals surface area contributed by atoms with Gasteiger partial charge in [-0.3, -0.25) is 0 Å². The quantitative estimate of drug-likeness (QED) is 0.240. The van der Waals surface area contributed by atoms with Crippen molar-refractivity contribution in [3.05, 3.63) is 47.7 Å². The number of amides is 2. The van der Waals surface area contributed by atoms with E-state index in [4.69, 9.17) is 21.1 Å². The van der Waals surface area contributed by atoms with Crippen molar-refractivity contribution in [3.63, 3.8) is 0 Å². The number of alkyl carbamates (subject to hydrolysis) is 1. The van der Waals surface area contributed by atoms with E-state index in [-0.39, 0.29) is 6.09 Å². The number of ether oxygens (including phenoxy) is 2. The molecule has 0 bridgehead atoms. The van der Waals surface area contributed by atoms with Crippen molar-refractivity contribution in [2.75, 3.05) is 49.5 Å². The highest BCUT2D eigenvalue weighted by atomic mass is 35.5. The van der Waals surface area contributed by atoms with Crippen molar-refractivity contribution >= 4 is 46.2 Å². The molecule has 3 aromatic rings. The van der Waals surface area contributed by atoms with Gasteiger partial charge in [0.2, 0.25) is 0 Å². The first-order valence-corrected chi connectivity index (χ1v) is 14.7. The molecular formula is C31H41ClN6O4. The summed E-state index contributed by atoms with van der Waals surface area (Å²) in [5.41, 5.74) is 0.975. The molecule has 1 aliphatic rings. The molecule has 3 heterocycles. The Bertz CT molecular complexity index is 1410. The number of hydrogen-bond acceptors (Lipinski definition) is 8. The van der Waals surface area contributed by atoms with Gasteiger partial charge in [-0.05, 0) is 82.7 Å². The molecule has 2 aromatic heterocycles. The number of anilines is 2. The molecule has 0 radical (unpaired) electrons. The first kappa shape index (κ1) is 31.2. The van der Waals surface area contributed by atoms with Crippen molar-refractivity contribution in [2.45, 2.75) is 59.2 Å². The van der Waals surface area contributed by atoms with E-state index in [0.717, 1.165) is 27.7 Å². The molecule has 1 aliphatic heterocycles. The van der Waals surface area contributed by atoms with Gasteiger partial charge in [0.25, 0.3) is 0 Å². The number of nitrogens with one attached hydrogen (secondary N) is 2. The van der Waals surface area contributed by atoms with Crippen LogP contribution in [0.2, 0.25) is 5.15 Å². The minimum Gasteiger partial charge on any atom is -0.444 e. The average Bonchev–Trinajstić information content (AvgIpc) is 2.90. The largest absolute Gasteiger partial charge is 0.444 e. The Labute approximate surface area is 252 Å². The normalized spacial score (nSPS) is 14.1. The molecule has 2 N–H and O–H groups in total. The van der Waals surface area contributed by atoms with Gasteiger partial charge in [0, 0.05) is 50.9 Å². The molecule has 11 heteroatoms. The number of rotatable bonds is 7. The van der Waals surface area contributed by atoms with Gasteiger partial charge < -0.3 is 29.9 Å². The van der Waals surface area contributed by atoms with E-state index in [2.05, 4.69) is 37.6 Å². The fraction of sp³-hybridized carbons (Fsp3) is 0.484. The number of carbonyl (C=O) groups is 2. The molecule has 4 rings (SSSR count). The zero-order chi connectivity index (χ0) is 30.5. The highest BCUT2D eigenvalue weighted by Crippen LogP contribution is 2.34. The van der Waals surface area contributed by atoms with Crippen LogP contribution < -0.4 is 15.5 Å². The number of halogens is 1. The predicted octanol–water partition coefficient (Wildman–Crippen LogP) is 6.33. The van der Waals surface area contributed by atoms with E-state index >= 15 is 0 Å². The maximum atomic E-state index is 12.5. The van der Waals surface area contributed by atoms with E-state index in [1.54, 1.807) is 4.90 Å². The van der Waals surface area contributed by atoms with E-state index in [0.29, 0.717) is 56.7 Å². The number of carbonyl (C=O) groups excluding carboxylic acids is 2. The standard InChI is InChI=1S/C31H41ClN6O4/c1-30(2,3)41-28(39)35-13-8-12-34-27-23-10-7-9-22(24(23)20-25(32)36-27)21-11-14-33-26(19-21)37-15-17-38(18-16-37)29(40)42-31(4,5)6/h7,9-11,14,19-20H,8,12-13,15-18H2,1-6H3,(H,34,36)(H,35,39). The topological polar surface area (TPSA) is 109 Å². The van der Waals surface area contributed by atoms with Crippen LogP contribution in [0.5, 0.6) is 0 Å². The maximum Gasteiger partial charge on any atom is 0.410 e. The number of benzene rings is 1. The minimum absolute atomic E-state index is 0.283. The third-order valence-electron chi connectivity index (χ3n) is 6.47. The van der Waals surface area contributed by atoms with Gasteiger partial charge in [0.1, 0.15) is 28.0 Å². The molecule has 0 spiro atoms. The van der Waals surface area contributed by atoms with Gasteiger partial charge in [0.05, 0.1) is 0 Å². The van der Waals surface area contributed by atoms with Crippen LogP contribution in [-0.4, -0.2) is 77.5 Å². The summed E-state index contributed by atoms with van der Waals surface area (Å²) in [4.78, 5) is 37.4. The molecule has 42 heavy (non-hydrogen) atoms. The predicted molar refractivity (Wildman–Crippen MR) is 167 cm³/mol. The average molecular weight is 597 g/mol. The molecule has 2 amide bonds. The Balaban J connectivity index is 1.44. The fourth-order valence-electron chi connectivity index (χ4n) is 4.64. The second kappa shape index (κ2) is 13.0. The Morgan fingerprint density at radius 3 is 2.33 bits per heavy atom.